The molecule has 0 radical (unpaired) electrons. The first kappa shape index (κ1) is 35.1. The molecule has 0 saturated heterocycles. The highest BCUT2D eigenvalue weighted by molar-refractivity contribution is 5.87. The fourth-order valence-corrected chi connectivity index (χ4v) is 9.16. The van der Waals surface area contributed by atoms with E-state index in [1.807, 2.05) is 0 Å². The van der Waals surface area contributed by atoms with Gasteiger partial charge in [-0.05, 0) is 96.4 Å². The van der Waals surface area contributed by atoms with E-state index in [1.54, 1.807) is 56.9 Å². The summed E-state index contributed by atoms with van der Waals surface area (Å²) in [6, 6.07) is 10.8. The Kier molecular flexibility index (Phi) is 9.10. The Balaban J connectivity index is 1.27. The van der Waals surface area contributed by atoms with Gasteiger partial charge in [-0.1, -0.05) is 0 Å². The molecule has 2 atom stereocenters. The Hall–Kier alpha value is -5.00. The van der Waals surface area contributed by atoms with Crippen molar-refractivity contribution in [3.63, 3.8) is 0 Å². The van der Waals surface area contributed by atoms with Crippen LogP contribution in [-0.2, 0) is 32.2 Å². The van der Waals surface area contributed by atoms with E-state index in [1.165, 1.54) is 16.7 Å². The molecular weight excluding hydrogens is 676 g/mol. The summed E-state index contributed by atoms with van der Waals surface area (Å²) >= 11 is 0. The molecule has 4 aliphatic rings. The van der Waals surface area contributed by atoms with Crippen LogP contribution in [0.4, 0.5) is 0 Å². The lowest BCUT2D eigenvalue weighted by Gasteiger charge is -2.42. The molecule has 0 fully saturated rings. The van der Waals surface area contributed by atoms with Crippen LogP contribution in [0.1, 0.15) is 51.0 Å². The van der Waals surface area contributed by atoms with Crippen molar-refractivity contribution >= 4 is 0 Å². The average Bonchev–Trinajstić information content (AvgIpc) is 3.19. The van der Waals surface area contributed by atoms with Crippen LogP contribution in [0.3, 0.4) is 0 Å². The van der Waals surface area contributed by atoms with Crippen molar-refractivity contribution in [1.29, 1.82) is 0 Å². The molecule has 11 nitrogen and oxygen atoms in total. The minimum absolute atomic E-state index is 0.114. The molecule has 8 rings (SSSR count). The lowest BCUT2D eigenvalue weighted by molar-refractivity contribution is 0.158. The summed E-state index contributed by atoms with van der Waals surface area (Å²) in [6.07, 6.45) is 3.26. The summed E-state index contributed by atoms with van der Waals surface area (Å²) in [5.74, 6) is 6.45. The number of fused-ring (bicyclic) bond motifs is 6. The molecule has 1 aliphatic carbocycles. The van der Waals surface area contributed by atoms with Gasteiger partial charge >= 0.3 is 0 Å². The molecule has 4 aromatic rings. The van der Waals surface area contributed by atoms with Crippen molar-refractivity contribution < 1.29 is 42.6 Å². The third kappa shape index (κ3) is 5.38. The highest BCUT2D eigenvalue weighted by atomic mass is 16.6. The maximum atomic E-state index is 7.06. The van der Waals surface area contributed by atoms with E-state index in [9.17, 15) is 0 Å². The molecule has 3 heterocycles. The van der Waals surface area contributed by atoms with E-state index in [2.05, 4.69) is 47.2 Å². The zero-order valence-corrected chi connectivity index (χ0v) is 32.1. The van der Waals surface area contributed by atoms with Gasteiger partial charge in [-0.3, -0.25) is 9.80 Å². The van der Waals surface area contributed by atoms with E-state index < -0.39 is 0 Å². The van der Waals surface area contributed by atoms with Crippen LogP contribution in [0.5, 0.6) is 57.5 Å². The van der Waals surface area contributed by atoms with Gasteiger partial charge in [0.2, 0.25) is 11.5 Å². The van der Waals surface area contributed by atoms with Crippen LogP contribution in [0, 0.1) is 0 Å². The third-order valence-electron chi connectivity index (χ3n) is 11.7. The van der Waals surface area contributed by atoms with E-state index in [0.29, 0.717) is 46.7 Å². The molecule has 4 aromatic carbocycles. The summed E-state index contributed by atoms with van der Waals surface area (Å²) in [5.41, 5.74) is 10.2. The number of hydrogen-bond donors (Lipinski definition) is 0. The maximum Gasteiger partial charge on any atom is 0.204 e. The van der Waals surface area contributed by atoms with Crippen LogP contribution in [0.25, 0.3) is 11.1 Å². The van der Waals surface area contributed by atoms with Crippen molar-refractivity contribution in [2.75, 3.05) is 77.0 Å². The van der Waals surface area contributed by atoms with Crippen molar-refractivity contribution in [3.05, 3.63) is 69.3 Å². The highest BCUT2D eigenvalue weighted by Crippen LogP contribution is 2.59. The molecule has 0 bridgehead atoms. The Morgan fingerprint density at radius 2 is 1.15 bits per heavy atom. The second kappa shape index (κ2) is 13.8. The number of benzene rings is 4. The van der Waals surface area contributed by atoms with Gasteiger partial charge in [0.15, 0.2) is 46.0 Å². The number of ether oxygens (including phenoxy) is 9. The molecule has 280 valence electrons. The quantitative estimate of drug-likeness (QED) is 0.170. The minimum atomic E-state index is 0.114. The Labute approximate surface area is 311 Å². The molecule has 0 amide bonds. The second-order valence-corrected chi connectivity index (χ2v) is 14.0. The fourth-order valence-electron chi connectivity index (χ4n) is 9.16. The number of methoxy groups -OCH3 is 8. The van der Waals surface area contributed by atoms with Crippen LogP contribution in [-0.4, -0.2) is 86.8 Å². The predicted molar refractivity (Wildman–Crippen MR) is 201 cm³/mol. The van der Waals surface area contributed by atoms with Crippen molar-refractivity contribution in [2.45, 2.75) is 44.3 Å². The first-order chi connectivity index (χ1) is 25.8. The molecule has 3 aliphatic heterocycles. The van der Waals surface area contributed by atoms with Crippen LogP contribution in [0.2, 0.25) is 0 Å². The third-order valence-corrected chi connectivity index (χ3v) is 11.7. The lowest BCUT2D eigenvalue weighted by atomic mass is 9.76. The van der Waals surface area contributed by atoms with Gasteiger partial charge in [-0.25, -0.2) is 0 Å². The van der Waals surface area contributed by atoms with Gasteiger partial charge in [0.25, 0.3) is 0 Å². The second-order valence-electron chi connectivity index (χ2n) is 14.0. The summed E-state index contributed by atoms with van der Waals surface area (Å²) in [5, 5.41) is 0. The van der Waals surface area contributed by atoms with Gasteiger partial charge in [0.1, 0.15) is 0 Å². The molecule has 11 heteroatoms. The first-order valence-corrected chi connectivity index (χ1v) is 18.0. The number of likely N-dealkylation sites (N-methyl/N-ethyl adjacent to an activating group) is 1. The monoisotopic (exact) mass is 724 g/mol. The summed E-state index contributed by atoms with van der Waals surface area (Å²) < 4.78 is 54.6. The normalized spacial score (nSPS) is 18.4. The first-order valence-electron chi connectivity index (χ1n) is 18.0. The molecule has 53 heavy (non-hydrogen) atoms. The lowest BCUT2D eigenvalue weighted by Crippen LogP contribution is -2.39. The molecule has 0 spiro atoms. The van der Waals surface area contributed by atoms with Gasteiger partial charge in [-0.15, -0.1) is 0 Å². The van der Waals surface area contributed by atoms with Crippen LogP contribution in [0.15, 0.2) is 30.3 Å². The Morgan fingerprint density at radius 1 is 0.509 bits per heavy atom. The smallest absolute Gasteiger partial charge is 0.204 e. The van der Waals surface area contributed by atoms with Gasteiger partial charge in [-0.2, -0.15) is 0 Å². The molecule has 0 aromatic heterocycles. The zero-order chi connectivity index (χ0) is 37.1. The Bertz CT molecular complexity index is 2100. The average molecular weight is 725 g/mol. The van der Waals surface area contributed by atoms with E-state index in [-0.39, 0.29) is 12.1 Å². The van der Waals surface area contributed by atoms with Crippen LogP contribution < -0.4 is 42.6 Å². The standard InChI is InChI=1S/C42H48N2O9/c1-43-12-11-25-36-30(43)14-23-16-34(33(47-4)20-27(23)37(36)41(51-8)42(52-9)38(25)49-6)53-39-28-18-29-26-19-32(46-3)31(45-2)15-22(26)10-13-44(29)21-24(28)17-35(48-5)40(39)50-7/h15-17,19-20,29-30H,10-14,18,21H2,1-9H3/t29-,30?/m1/s1. The van der Waals surface area contributed by atoms with Crippen LogP contribution >= 0.6 is 0 Å². The van der Waals surface area contributed by atoms with Gasteiger partial charge in [0, 0.05) is 48.4 Å². The van der Waals surface area contributed by atoms with Crippen molar-refractivity contribution in [2.24, 2.45) is 0 Å². The summed E-state index contributed by atoms with van der Waals surface area (Å²) in [4.78, 5) is 4.93. The van der Waals surface area contributed by atoms with E-state index >= 15 is 0 Å². The SMILES string of the molecule is COc1cc2c(cc1OC)[C@H]1Cc3c(cc(OC)c(OC)c3Oc3cc4c(cc3OC)-c3c(OC)c(OC)c(OC)c5c3C(C4)N(C)CC5)CN1CC2. The van der Waals surface area contributed by atoms with Crippen molar-refractivity contribution in [3.8, 4) is 68.6 Å². The largest absolute Gasteiger partial charge is 0.493 e. The molecule has 1 unspecified atom stereocenters. The maximum absolute atomic E-state index is 7.06. The van der Waals surface area contributed by atoms with E-state index in [0.717, 1.165) is 89.5 Å². The minimum Gasteiger partial charge on any atom is -0.493 e. The predicted octanol–water partition coefficient (Wildman–Crippen LogP) is 6.96. The molecular formula is C42H48N2O9. The highest BCUT2D eigenvalue weighted by Gasteiger charge is 2.41. The summed E-state index contributed by atoms with van der Waals surface area (Å²) in [7, 11) is 15.6. The van der Waals surface area contributed by atoms with Crippen molar-refractivity contribution in [1.82, 2.24) is 9.80 Å². The fraction of sp³-hybridized carbons (Fsp3) is 0.429. The van der Waals surface area contributed by atoms with Gasteiger partial charge in [0.05, 0.1) is 56.9 Å². The zero-order valence-electron chi connectivity index (χ0n) is 32.1. The topological polar surface area (TPSA) is 89.6 Å². The molecule has 0 saturated carbocycles. The number of rotatable bonds is 10. The Morgan fingerprint density at radius 3 is 1.83 bits per heavy atom. The number of hydrogen-bond acceptors (Lipinski definition) is 11. The van der Waals surface area contributed by atoms with E-state index in [4.69, 9.17) is 42.6 Å². The number of nitrogens with zero attached hydrogens (tertiary/aromatic N) is 2. The molecule has 0 N–H and O–H groups in total. The van der Waals surface area contributed by atoms with Gasteiger partial charge < -0.3 is 42.6 Å². The summed E-state index contributed by atoms with van der Waals surface area (Å²) in [6.45, 7) is 2.56.